The third kappa shape index (κ3) is 7.99. The molecule has 4 rings (SSSR count). The molecule has 2 amide bonds. The van der Waals surface area contributed by atoms with Crippen LogP contribution in [0, 0.1) is 5.92 Å². The largest absolute Gasteiger partial charge is 0.481 e. The van der Waals surface area contributed by atoms with E-state index in [9.17, 15) is 14.4 Å². The third-order valence-corrected chi connectivity index (χ3v) is 7.76. The van der Waals surface area contributed by atoms with E-state index in [1.165, 1.54) is 37.7 Å². The number of anilines is 1. The van der Waals surface area contributed by atoms with Crippen LogP contribution in [-0.4, -0.2) is 36.2 Å². The van der Waals surface area contributed by atoms with Crippen molar-refractivity contribution in [1.29, 1.82) is 0 Å². The summed E-state index contributed by atoms with van der Waals surface area (Å²) in [5.41, 5.74) is 3.65. The molecule has 7 nitrogen and oxygen atoms in total. The molecular formula is C31H36N2O5S. The van der Waals surface area contributed by atoms with E-state index < -0.39 is 12.1 Å². The van der Waals surface area contributed by atoms with Crippen molar-refractivity contribution in [3.05, 3.63) is 77.4 Å². The summed E-state index contributed by atoms with van der Waals surface area (Å²) in [6.45, 7) is 2.42. The minimum atomic E-state index is -0.955. The zero-order valence-electron chi connectivity index (χ0n) is 22.3. The number of ether oxygens (including phenoxy) is 1. The molecule has 0 bridgehead atoms. The van der Waals surface area contributed by atoms with Crippen LogP contribution in [0.3, 0.4) is 0 Å². The highest BCUT2D eigenvalue weighted by molar-refractivity contribution is 7.80. The number of carbonyl (C=O) groups is 3. The Morgan fingerprint density at radius 1 is 1.00 bits per heavy atom. The maximum absolute atomic E-state index is 13.4. The molecule has 1 unspecified atom stereocenters. The minimum Gasteiger partial charge on any atom is -0.481 e. The first kappa shape index (κ1) is 28.5. The number of hydrogen-bond acceptors (Lipinski definition) is 5. The number of carboxylic acids is 1. The molecule has 0 saturated heterocycles. The summed E-state index contributed by atoms with van der Waals surface area (Å²) in [5.74, 6) is -0.202. The van der Waals surface area contributed by atoms with E-state index in [2.05, 4.69) is 30.1 Å². The van der Waals surface area contributed by atoms with Crippen molar-refractivity contribution in [2.75, 3.05) is 18.0 Å². The van der Waals surface area contributed by atoms with E-state index >= 15 is 0 Å². The quantitative estimate of drug-likeness (QED) is 0.311. The number of nitrogens with one attached hydrogen (secondary N) is 1. The Labute approximate surface area is 235 Å². The molecule has 0 radical (unpaired) electrons. The average Bonchev–Trinajstić information content (AvgIpc) is 2.94. The van der Waals surface area contributed by atoms with Gasteiger partial charge in [-0.25, -0.2) is 4.79 Å². The summed E-state index contributed by atoms with van der Waals surface area (Å²) in [4.78, 5) is 39.1. The monoisotopic (exact) mass is 548 g/mol. The van der Waals surface area contributed by atoms with Crippen molar-refractivity contribution in [3.63, 3.8) is 0 Å². The number of hydrogen-bond donors (Lipinski definition) is 3. The maximum Gasteiger partial charge on any atom is 0.420 e. The Bertz CT molecular complexity index is 1230. The number of aliphatic carboxylic acids is 1. The topological polar surface area (TPSA) is 95.9 Å². The van der Waals surface area contributed by atoms with Gasteiger partial charge in [0.1, 0.15) is 5.75 Å². The molecule has 0 spiro atoms. The molecule has 2 aromatic carbocycles. The summed E-state index contributed by atoms with van der Waals surface area (Å²) in [6.07, 6.45) is 9.76. The van der Waals surface area contributed by atoms with E-state index in [1.54, 1.807) is 35.2 Å². The van der Waals surface area contributed by atoms with Crippen molar-refractivity contribution in [1.82, 2.24) is 5.32 Å². The zero-order chi connectivity index (χ0) is 27.8. The van der Waals surface area contributed by atoms with Gasteiger partial charge in [0.2, 0.25) is 5.91 Å². The maximum atomic E-state index is 13.4. The number of carbonyl (C=O) groups excluding carboxylic acids is 2. The summed E-state index contributed by atoms with van der Waals surface area (Å²) in [5, 5.41) is 11.5. The molecule has 8 heteroatoms. The van der Waals surface area contributed by atoms with Gasteiger partial charge in [-0.3, -0.25) is 14.5 Å². The van der Waals surface area contributed by atoms with E-state index in [4.69, 9.17) is 9.84 Å². The SMILES string of the molecule is CC1CC(C(=O)NCCC(=O)O)=CC=C1CN(C(=O)Oc1ccc(S)cc1)c1ccc(C2CCCCC2)cc1. The molecule has 39 heavy (non-hydrogen) atoms. The number of nitrogens with zero attached hydrogens (tertiary/aromatic N) is 1. The number of thiol groups is 1. The Morgan fingerprint density at radius 3 is 2.33 bits per heavy atom. The molecule has 2 aliphatic carbocycles. The lowest BCUT2D eigenvalue weighted by Crippen LogP contribution is -2.37. The van der Waals surface area contributed by atoms with Crippen LogP contribution >= 0.6 is 12.6 Å². The van der Waals surface area contributed by atoms with Gasteiger partial charge in [0.15, 0.2) is 0 Å². The molecule has 1 saturated carbocycles. The van der Waals surface area contributed by atoms with Crippen LogP contribution < -0.4 is 15.0 Å². The second kappa shape index (κ2) is 13.5. The molecule has 0 aliphatic heterocycles. The fourth-order valence-corrected chi connectivity index (χ4v) is 5.30. The van der Waals surface area contributed by atoms with Crippen LogP contribution in [0.4, 0.5) is 10.5 Å². The van der Waals surface area contributed by atoms with Crippen molar-refractivity contribution in [2.24, 2.45) is 5.92 Å². The lowest BCUT2D eigenvalue weighted by atomic mass is 9.84. The normalized spacial score (nSPS) is 17.5. The molecule has 1 atom stereocenters. The van der Waals surface area contributed by atoms with Crippen LogP contribution in [0.2, 0.25) is 0 Å². The Hall–Kier alpha value is -3.52. The van der Waals surface area contributed by atoms with E-state index in [0.717, 1.165) is 16.2 Å². The van der Waals surface area contributed by atoms with Gasteiger partial charge in [0.05, 0.1) is 13.0 Å². The van der Waals surface area contributed by atoms with Gasteiger partial charge in [-0.05, 0) is 78.6 Å². The molecule has 0 heterocycles. The number of amides is 2. The van der Waals surface area contributed by atoms with Gasteiger partial charge >= 0.3 is 12.1 Å². The fraction of sp³-hybridized carbons (Fsp3) is 0.387. The van der Waals surface area contributed by atoms with Crippen LogP contribution in [0.1, 0.15) is 63.4 Å². The van der Waals surface area contributed by atoms with Gasteiger partial charge in [-0.2, -0.15) is 0 Å². The molecule has 0 aromatic heterocycles. The summed E-state index contributed by atoms with van der Waals surface area (Å²) >= 11 is 4.30. The van der Waals surface area contributed by atoms with Gasteiger partial charge in [0.25, 0.3) is 0 Å². The molecule has 1 fully saturated rings. The third-order valence-electron chi connectivity index (χ3n) is 7.46. The van der Waals surface area contributed by atoms with Gasteiger partial charge in [-0.15, -0.1) is 12.6 Å². The number of rotatable bonds is 9. The zero-order valence-corrected chi connectivity index (χ0v) is 23.2. The Morgan fingerprint density at radius 2 is 1.69 bits per heavy atom. The number of allylic oxidation sites excluding steroid dienone is 2. The first-order valence-corrected chi connectivity index (χ1v) is 14.0. The highest BCUT2D eigenvalue weighted by atomic mass is 32.1. The van der Waals surface area contributed by atoms with E-state index in [-0.39, 0.29) is 24.8 Å². The second-order valence-electron chi connectivity index (χ2n) is 10.3. The fourth-order valence-electron chi connectivity index (χ4n) is 5.15. The highest BCUT2D eigenvalue weighted by Gasteiger charge is 2.26. The summed E-state index contributed by atoms with van der Waals surface area (Å²) in [6, 6.07) is 15.2. The predicted octanol–water partition coefficient (Wildman–Crippen LogP) is 6.51. The van der Waals surface area contributed by atoms with Crippen molar-refractivity contribution >= 4 is 36.3 Å². The molecule has 2 N–H and O–H groups in total. The lowest BCUT2D eigenvalue weighted by molar-refractivity contribution is -0.136. The smallest absolute Gasteiger partial charge is 0.420 e. The van der Waals surface area contributed by atoms with Crippen molar-refractivity contribution in [2.45, 2.75) is 62.7 Å². The molecule has 2 aromatic rings. The highest BCUT2D eigenvalue weighted by Crippen LogP contribution is 2.34. The first-order chi connectivity index (χ1) is 18.8. The van der Waals surface area contributed by atoms with Gasteiger partial charge in [-0.1, -0.05) is 50.5 Å². The standard InChI is InChI=1S/C31H36N2O5S/c1-21-19-24(30(36)32-18-17-29(34)35)7-8-25(21)20-33(31(37)38-27-13-15-28(39)16-14-27)26-11-9-23(10-12-26)22-5-3-2-4-6-22/h7-16,21-22,39H,2-6,17-20H2,1H3,(H,32,36)(H,34,35). The van der Waals surface area contributed by atoms with Gasteiger partial charge in [0, 0.05) is 22.7 Å². The number of benzene rings is 2. The predicted molar refractivity (Wildman–Crippen MR) is 155 cm³/mol. The number of carboxylic acid groups (broad SMARTS) is 1. The molecule has 2 aliphatic rings. The average molecular weight is 549 g/mol. The van der Waals surface area contributed by atoms with E-state index in [0.29, 0.717) is 30.2 Å². The Kier molecular flexibility index (Phi) is 9.87. The lowest BCUT2D eigenvalue weighted by Gasteiger charge is -2.28. The summed E-state index contributed by atoms with van der Waals surface area (Å²) < 4.78 is 5.73. The first-order valence-electron chi connectivity index (χ1n) is 13.6. The van der Waals surface area contributed by atoms with Crippen LogP contribution in [0.15, 0.2) is 76.7 Å². The van der Waals surface area contributed by atoms with Crippen molar-refractivity contribution in [3.8, 4) is 5.75 Å². The van der Waals surface area contributed by atoms with Crippen LogP contribution in [0.5, 0.6) is 5.75 Å². The van der Waals surface area contributed by atoms with E-state index in [1.807, 2.05) is 25.1 Å². The molecular weight excluding hydrogens is 512 g/mol. The van der Waals surface area contributed by atoms with Crippen molar-refractivity contribution < 1.29 is 24.2 Å². The van der Waals surface area contributed by atoms with Crippen LogP contribution in [-0.2, 0) is 9.59 Å². The van der Waals surface area contributed by atoms with Crippen LogP contribution in [0.25, 0.3) is 0 Å². The second-order valence-corrected chi connectivity index (χ2v) is 10.8. The molecule has 206 valence electrons. The van der Waals surface area contributed by atoms with Gasteiger partial charge < -0.3 is 15.2 Å². The minimum absolute atomic E-state index is 0.00972. The summed E-state index contributed by atoms with van der Waals surface area (Å²) in [7, 11) is 0. The Balaban J connectivity index is 1.53.